The summed E-state index contributed by atoms with van der Waals surface area (Å²) in [5.74, 6) is 1.40. The largest absolute Gasteiger partial charge is 0.481 e. The summed E-state index contributed by atoms with van der Waals surface area (Å²) in [6.45, 7) is 1.65. The molecule has 0 saturated carbocycles. The first-order valence-corrected chi connectivity index (χ1v) is 12.6. The first kappa shape index (κ1) is 23.9. The van der Waals surface area contributed by atoms with Gasteiger partial charge in [-0.1, -0.05) is 18.2 Å². The molecular formula is C25H28FN5O3S. The number of hydrogen-bond acceptors (Lipinski definition) is 8. The fraction of sp³-hybridized carbons (Fsp3) is 0.400. The molecule has 5 rings (SSSR count). The van der Waals surface area contributed by atoms with Crippen LogP contribution in [0.25, 0.3) is 10.9 Å². The summed E-state index contributed by atoms with van der Waals surface area (Å²) < 4.78 is 20.3. The summed E-state index contributed by atoms with van der Waals surface area (Å²) >= 11 is 1.47. The highest BCUT2D eigenvalue weighted by atomic mass is 32.2. The number of piperidine rings is 1. The molecule has 3 atom stereocenters. The van der Waals surface area contributed by atoms with Crippen molar-refractivity contribution in [2.24, 2.45) is 0 Å². The number of aliphatic hydroxyl groups is 1. The van der Waals surface area contributed by atoms with E-state index in [0.717, 1.165) is 16.0 Å². The minimum absolute atomic E-state index is 0.0584. The number of para-hydroxylation sites is 1. The van der Waals surface area contributed by atoms with Gasteiger partial charge >= 0.3 is 0 Å². The maximum absolute atomic E-state index is 15.0. The third kappa shape index (κ3) is 5.40. The number of likely N-dealkylation sites (tertiary alicyclic amines) is 1. The summed E-state index contributed by atoms with van der Waals surface area (Å²) in [6, 6.07) is 12.9. The Hall–Kier alpha value is -2.79. The summed E-state index contributed by atoms with van der Waals surface area (Å²) in [5.41, 5.74) is 2.16. The molecule has 0 radical (unpaired) electrons. The van der Waals surface area contributed by atoms with E-state index in [4.69, 9.17) is 4.74 Å². The predicted octanol–water partition coefficient (Wildman–Crippen LogP) is 2.92. The molecule has 1 aromatic carbocycles. The SMILES string of the molecule is COc1ccc2cccc([C@H](O)CN3CC[C@H](NCc4ccc5c(n4)NC(=O)CS5)[C@@H](F)C3)c2n1. The zero-order valence-corrected chi connectivity index (χ0v) is 20.2. The molecule has 1 fully saturated rings. The van der Waals surface area contributed by atoms with Crippen molar-refractivity contribution in [3.05, 3.63) is 53.7 Å². The number of carbonyl (C=O) groups excluding carboxylic acids is 1. The number of benzene rings is 1. The Morgan fingerprint density at radius 1 is 1.29 bits per heavy atom. The van der Waals surface area contributed by atoms with Crippen molar-refractivity contribution in [1.29, 1.82) is 0 Å². The van der Waals surface area contributed by atoms with Crippen LogP contribution < -0.4 is 15.4 Å². The number of amides is 1. The standard InChI is InChI=1S/C25H28FN5O3S/c1-34-23-8-5-15-3-2-4-17(24(15)30-23)20(32)13-31-10-9-19(18(26)12-31)27-11-16-6-7-21-25(28-16)29-22(33)14-35-21/h2-8,18-20,27,32H,9-14H2,1H3,(H,28,29,33)/t18-,19-,20+/m0/s1. The molecule has 1 amide bonds. The molecule has 3 aromatic rings. The lowest BCUT2D eigenvalue weighted by molar-refractivity contribution is -0.113. The van der Waals surface area contributed by atoms with E-state index in [2.05, 4.69) is 20.6 Å². The van der Waals surface area contributed by atoms with Crippen molar-refractivity contribution >= 4 is 34.4 Å². The molecule has 10 heteroatoms. The van der Waals surface area contributed by atoms with Crippen LogP contribution in [0.5, 0.6) is 5.88 Å². The number of β-amino-alcohol motifs (C(OH)–C–C–N with tert-alkyl or cyclic N) is 1. The second-order valence-electron chi connectivity index (χ2n) is 8.83. The van der Waals surface area contributed by atoms with Crippen molar-refractivity contribution in [2.75, 3.05) is 37.8 Å². The van der Waals surface area contributed by atoms with Crippen molar-refractivity contribution in [3.8, 4) is 5.88 Å². The average molecular weight is 498 g/mol. The number of aromatic nitrogens is 2. The molecule has 1 saturated heterocycles. The molecule has 0 unspecified atom stereocenters. The van der Waals surface area contributed by atoms with Gasteiger partial charge in [-0.05, 0) is 31.2 Å². The van der Waals surface area contributed by atoms with Crippen molar-refractivity contribution in [3.63, 3.8) is 0 Å². The fourth-order valence-corrected chi connectivity index (χ4v) is 5.34. The Balaban J connectivity index is 1.17. The Labute approximate surface area is 207 Å². The molecule has 0 bridgehead atoms. The molecule has 35 heavy (non-hydrogen) atoms. The van der Waals surface area contributed by atoms with Gasteiger partial charge in [-0.3, -0.25) is 9.69 Å². The molecule has 184 valence electrons. The normalized spacial score (nSPS) is 21.4. The van der Waals surface area contributed by atoms with E-state index < -0.39 is 12.3 Å². The second-order valence-corrected chi connectivity index (χ2v) is 9.84. The van der Waals surface area contributed by atoms with E-state index in [1.807, 2.05) is 41.3 Å². The van der Waals surface area contributed by atoms with Crippen molar-refractivity contribution in [2.45, 2.75) is 36.2 Å². The number of nitrogens with one attached hydrogen (secondary N) is 2. The summed E-state index contributed by atoms with van der Waals surface area (Å²) in [5, 5.41) is 17.9. The van der Waals surface area contributed by atoms with Crippen LogP contribution in [0.15, 0.2) is 47.4 Å². The van der Waals surface area contributed by atoms with Gasteiger partial charge in [-0.25, -0.2) is 14.4 Å². The summed E-state index contributed by atoms with van der Waals surface area (Å²) in [4.78, 5) is 23.5. The van der Waals surface area contributed by atoms with Gasteiger partial charge in [0.25, 0.3) is 0 Å². The molecular weight excluding hydrogens is 469 g/mol. The van der Waals surface area contributed by atoms with E-state index in [9.17, 15) is 9.90 Å². The summed E-state index contributed by atoms with van der Waals surface area (Å²) in [7, 11) is 1.56. The first-order chi connectivity index (χ1) is 17.0. The molecule has 2 aromatic heterocycles. The number of carbonyl (C=O) groups is 1. The second kappa shape index (κ2) is 10.4. The number of rotatable bonds is 7. The number of anilines is 1. The number of fused-ring (bicyclic) bond motifs is 2. The van der Waals surface area contributed by atoms with Gasteiger partial charge < -0.3 is 20.5 Å². The van der Waals surface area contributed by atoms with E-state index in [-0.39, 0.29) is 18.5 Å². The highest BCUT2D eigenvalue weighted by Gasteiger charge is 2.30. The van der Waals surface area contributed by atoms with Crippen LogP contribution in [0.1, 0.15) is 23.8 Å². The van der Waals surface area contributed by atoms with Crippen LogP contribution in [-0.2, 0) is 11.3 Å². The Morgan fingerprint density at radius 3 is 3.00 bits per heavy atom. The number of alkyl halides is 1. The van der Waals surface area contributed by atoms with E-state index in [0.29, 0.717) is 54.6 Å². The predicted molar refractivity (Wildman–Crippen MR) is 133 cm³/mol. The molecule has 2 aliphatic heterocycles. The monoisotopic (exact) mass is 497 g/mol. The van der Waals surface area contributed by atoms with Gasteiger partial charge in [0.05, 0.1) is 35.1 Å². The van der Waals surface area contributed by atoms with Crippen LogP contribution in [0.4, 0.5) is 10.2 Å². The third-order valence-electron chi connectivity index (χ3n) is 6.43. The third-order valence-corrected chi connectivity index (χ3v) is 7.48. The Kier molecular flexibility index (Phi) is 7.14. The first-order valence-electron chi connectivity index (χ1n) is 11.6. The van der Waals surface area contributed by atoms with Gasteiger partial charge in [-0.2, -0.15) is 0 Å². The fourth-order valence-electron chi connectivity index (χ4n) is 4.58. The molecule has 0 spiro atoms. The molecule has 3 N–H and O–H groups in total. The number of hydrogen-bond donors (Lipinski definition) is 3. The Bertz CT molecular complexity index is 1230. The van der Waals surface area contributed by atoms with Gasteiger partial charge in [0.15, 0.2) is 0 Å². The average Bonchev–Trinajstić information content (AvgIpc) is 2.87. The van der Waals surface area contributed by atoms with Crippen LogP contribution in [0.3, 0.4) is 0 Å². The van der Waals surface area contributed by atoms with E-state index in [1.54, 1.807) is 13.2 Å². The topological polar surface area (TPSA) is 99.6 Å². The quantitative estimate of drug-likeness (QED) is 0.458. The van der Waals surface area contributed by atoms with E-state index in [1.165, 1.54) is 11.8 Å². The number of halogens is 1. The Morgan fingerprint density at radius 2 is 2.17 bits per heavy atom. The molecule has 8 nitrogen and oxygen atoms in total. The van der Waals surface area contributed by atoms with Crippen molar-refractivity contribution < 1.29 is 19.0 Å². The number of thioether (sulfide) groups is 1. The van der Waals surface area contributed by atoms with Gasteiger partial charge in [-0.15, -0.1) is 11.8 Å². The lowest BCUT2D eigenvalue weighted by Crippen LogP contribution is -2.51. The lowest BCUT2D eigenvalue weighted by atomic mass is 10.0. The van der Waals surface area contributed by atoms with Gasteiger partial charge in [0.1, 0.15) is 12.0 Å². The van der Waals surface area contributed by atoms with Gasteiger partial charge in [0.2, 0.25) is 11.8 Å². The number of pyridine rings is 2. The minimum Gasteiger partial charge on any atom is -0.481 e. The van der Waals surface area contributed by atoms with Crippen LogP contribution in [-0.4, -0.2) is 70.6 Å². The maximum Gasteiger partial charge on any atom is 0.235 e. The number of methoxy groups -OCH3 is 1. The zero-order chi connectivity index (χ0) is 24.4. The van der Waals surface area contributed by atoms with Gasteiger partial charge in [0, 0.05) is 42.7 Å². The van der Waals surface area contributed by atoms with Crippen LogP contribution in [0.2, 0.25) is 0 Å². The van der Waals surface area contributed by atoms with Crippen LogP contribution >= 0.6 is 11.8 Å². The smallest absolute Gasteiger partial charge is 0.235 e. The molecule has 2 aliphatic rings. The maximum atomic E-state index is 15.0. The highest BCUT2D eigenvalue weighted by molar-refractivity contribution is 8.00. The highest BCUT2D eigenvalue weighted by Crippen LogP contribution is 2.30. The summed E-state index contributed by atoms with van der Waals surface area (Å²) in [6.07, 6.45) is -1.25. The van der Waals surface area contributed by atoms with Crippen molar-refractivity contribution in [1.82, 2.24) is 20.2 Å². The lowest BCUT2D eigenvalue weighted by Gasteiger charge is -2.36. The van der Waals surface area contributed by atoms with Crippen LogP contribution in [0, 0.1) is 0 Å². The minimum atomic E-state index is -1.07. The number of ether oxygens (including phenoxy) is 1. The molecule has 4 heterocycles. The number of aliphatic hydroxyl groups excluding tert-OH is 1. The number of nitrogens with zero attached hydrogens (tertiary/aromatic N) is 3. The zero-order valence-electron chi connectivity index (χ0n) is 19.4. The van der Waals surface area contributed by atoms with E-state index >= 15 is 4.39 Å². The molecule has 0 aliphatic carbocycles.